The molecule has 3 aromatic rings. The zero-order valence-corrected chi connectivity index (χ0v) is 20.6. The maximum atomic E-state index is 14.0. The molecule has 1 aliphatic carbocycles. The molecule has 0 unspecified atom stereocenters. The number of carboxylic acids is 1. The van der Waals surface area contributed by atoms with E-state index in [0.29, 0.717) is 30.1 Å². The average Bonchev–Trinajstić information content (AvgIpc) is 3.56. The fraction of sp³-hybridized carbons (Fsp3) is 0.419. The number of amides is 1. The molecule has 0 spiro atoms. The van der Waals surface area contributed by atoms with Gasteiger partial charge in [-0.25, -0.2) is 4.79 Å². The molecule has 0 radical (unpaired) electrons. The summed E-state index contributed by atoms with van der Waals surface area (Å²) in [6.07, 6.45) is 12.6. The molecule has 5 heteroatoms. The number of carbonyl (C=O) groups excluding carboxylic acids is 1. The molecular weight excluding hydrogens is 448 g/mol. The Morgan fingerprint density at radius 3 is 2.31 bits per heavy atom. The highest BCUT2D eigenvalue weighted by molar-refractivity contribution is 6.03. The molecule has 1 N–H and O–H groups in total. The van der Waals surface area contributed by atoms with Crippen LogP contribution in [0.3, 0.4) is 0 Å². The summed E-state index contributed by atoms with van der Waals surface area (Å²) in [4.78, 5) is 28.1. The first-order chi connectivity index (χ1) is 17.6. The Morgan fingerprint density at radius 2 is 1.58 bits per heavy atom. The summed E-state index contributed by atoms with van der Waals surface area (Å²) in [5.74, 6) is -0.299. The normalized spacial score (nSPS) is 23.3. The summed E-state index contributed by atoms with van der Waals surface area (Å²) in [7, 11) is 0. The number of benzene rings is 2. The van der Waals surface area contributed by atoms with E-state index in [0.717, 1.165) is 66.1 Å². The first-order valence-corrected chi connectivity index (χ1v) is 13.6. The van der Waals surface area contributed by atoms with Crippen molar-refractivity contribution in [2.75, 3.05) is 0 Å². The highest BCUT2D eigenvalue weighted by atomic mass is 16.4. The van der Waals surface area contributed by atoms with E-state index in [1.807, 2.05) is 12.1 Å². The summed E-state index contributed by atoms with van der Waals surface area (Å²) < 4.78 is 2.26. The van der Waals surface area contributed by atoms with Gasteiger partial charge in [-0.15, -0.1) is 0 Å². The van der Waals surface area contributed by atoms with Gasteiger partial charge in [0.05, 0.1) is 17.8 Å². The summed E-state index contributed by atoms with van der Waals surface area (Å²) >= 11 is 0. The molecule has 36 heavy (non-hydrogen) atoms. The number of carbonyl (C=O) groups is 2. The number of carboxylic acid groups (broad SMARTS) is 1. The smallest absolute Gasteiger partial charge is 0.335 e. The minimum absolute atomic E-state index is 0.165. The minimum Gasteiger partial charge on any atom is -0.478 e. The molecule has 4 aliphatic rings. The molecule has 0 atom stereocenters. The van der Waals surface area contributed by atoms with Gasteiger partial charge in [-0.2, -0.15) is 0 Å². The third kappa shape index (κ3) is 3.28. The van der Waals surface area contributed by atoms with Crippen molar-refractivity contribution in [2.24, 2.45) is 0 Å². The Balaban J connectivity index is 1.46. The largest absolute Gasteiger partial charge is 0.478 e. The van der Waals surface area contributed by atoms with Crippen LogP contribution in [0.2, 0.25) is 0 Å². The lowest BCUT2D eigenvalue weighted by Crippen LogP contribution is -2.36. The van der Waals surface area contributed by atoms with Crippen molar-refractivity contribution in [1.82, 2.24) is 9.47 Å². The van der Waals surface area contributed by atoms with Crippen LogP contribution >= 0.6 is 0 Å². The quantitative estimate of drug-likeness (QED) is 0.459. The van der Waals surface area contributed by atoms with Crippen molar-refractivity contribution in [3.63, 3.8) is 0 Å². The molecular formula is C31H32N2O3. The van der Waals surface area contributed by atoms with E-state index in [-0.39, 0.29) is 5.91 Å². The van der Waals surface area contributed by atoms with Gasteiger partial charge in [-0.1, -0.05) is 49.6 Å². The van der Waals surface area contributed by atoms with Crippen LogP contribution in [-0.2, 0) is 11.3 Å². The maximum absolute atomic E-state index is 14.0. The number of hydrogen-bond acceptors (Lipinski definition) is 2. The maximum Gasteiger partial charge on any atom is 0.335 e. The van der Waals surface area contributed by atoms with Crippen LogP contribution in [0.4, 0.5) is 0 Å². The van der Waals surface area contributed by atoms with E-state index >= 15 is 0 Å². The third-order valence-electron chi connectivity index (χ3n) is 9.20. The molecule has 5 nitrogen and oxygen atoms in total. The summed E-state index contributed by atoms with van der Waals surface area (Å²) in [6.45, 7) is 0.477. The lowest BCUT2D eigenvalue weighted by molar-refractivity contribution is -0.128. The Bertz CT molecular complexity index is 1410. The SMILES string of the molecule is O=C(O)c1ccc2c(C3CCCCC3)c3n(c2c1)CC(C(=O)N1C2CCC1CC2)=Cc1ccccc1-3. The zero-order valence-electron chi connectivity index (χ0n) is 20.6. The standard InChI is InChI=1S/C31H32N2O3/c34-30(33-23-11-12-24(33)14-13-23)22-16-20-8-4-5-9-25(20)29-28(19-6-2-1-3-7-19)26-15-10-21(31(35)36)17-27(26)32(29)18-22/h4-5,8-10,15-17,19,23-24H,1-3,6-7,11-14,18H2,(H,35,36). The van der Waals surface area contributed by atoms with Gasteiger partial charge in [0.2, 0.25) is 0 Å². The van der Waals surface area contributed by atoms with Crippen molar-refractivity contribution < 1.29 is 14.7 Å². The summed E-state index contributed by atoms with van der Waals surface area (Å²) in [6, 6.07) is 14.8. The van der Waals surface area contributed by atoms with Crippen LogP contribution in [0.1, 0.15) is 85.2 Å². The number of nitrogens with zero attached hydrogens (tertiary/aromatic N) is 2. The highest BCUT2D eigenvalue weighted by Crippen LogP contribution is 2.47. The Morgan fingerprint density at radius 1 is 0.861 bits per heavy atom. The molecule has 3 aliphatic heterocycles. The van der Waals surface area contributed by atoms with Crippen LogP contribution < -0.4 is 0 Å². The van der Waals surface area contributed by atoms with E-state index in [2.05, 4.69) is 39.8 Å². The molecule has 1 aromatic heterocycles. The fourth-order valence-electron chi connectivity index (χ4n) is 7.55. The van der Waals surface area contributed by atoms with Crippen LogP contribution in [0.5, 0.6) is 0 Å². The van der Waals surface area contributed by atoms with Gasteiger partial charge in [0.25, 0.3) is 5.91 Å². The second kappa shape index (κ2) is 8.36. The molecule has 1 amide bonds. The van der Waals surface area contributed by atoms with Crippen LogP contribution in [-0.4, -0.2) is 38.5 Å². The van der Waals surface area contributed by atoms with Crippen molar-refractivity contribution in [3.8, 4) is 11.3 Å². The van der Waals surface area contributed by atoms with Gasteiger partial charge in [-0.3, -0.25) is 4.79 Å². The van der Waals surface area contributed by atoms with E-state index in [1.54, 1.807) is 6.07 Å². The number of rotatable bonds is 3. The molecule has 184 valence electrons. The van der Waals surface area contributed by atoms with Gasteiger partial charge in [0, 0.05) is 34.1 Å². The van der Waals surface area contributed by atoms with Gasteiger partial charge in [0.15, 0.2) is 0 Å². The van der Waals surface area contributed by atoms with Crippen molar-refractivity contribution >= 4 is 28.9 Å². The Kier molecular flexibility index (Phi) is 5.09. The minimum atomic E-state index is -0.916. The van der Waals surface area contributed by atoms with E-state index in [9.17, 15) is 14.7 Å². The fourth-order valence-corrected chi connectivity index (χ4v) is 7.55. The summed E-state index contributed by atoms with van der Waals surface area (Å²) in [5, 5.41) is 10.9. The van der Waals surface area contributed by atoms with E-state index in [4.69, 9.17) is 0 Å². The number of fused-ring (bicyclic) bond motifs is 7. The van der Waals surface area contributed by atoms with E-state index < -0.39 is 5.97 Å². The molecule has 7 rings (SSSR count). The lowest BCUT2D eigenvalue weighted by Gasteiger charge is -2.24. The first kappa shape index (κ1) is 21.9. The topological polar surface area (TPSA) is 62.5 Å². The second-order valence-electron chi connectivity index (χ2n) is 11.2. The second-order valence-corrected chi connectivity index (χ2v) is 11.2. The molecule has 2 bridgehead atoms. The number of hydrogen-bond donors (Lipinski definition) is 1. The van der Waals surface area contributed by atoms with Gasteiger partial charge in [0.1, 0.15) is 0 Å². The molecule has 3 fully saturated rings. The molecule has 2 saturated heterocycles. The number of aromatic carboxylic acids is 1. The highest BCUT2D eigenvalue weighted by Gasteiger charge is 2.43. The van der Waals surface area contributed by atoms with Gasteiger partial charge in [-0.05, 0) is 73.8 Å². The first-order valence-electron chi connectivity index (χ1n) is 13.6. The molecule has 4 heterocycles. The predicted molar refractivity (Wildman–Crippen MR) is 141 cm³/mol. The Hall–Kier alpha value is -3.34. The number of aromatic nitrogens is 1. The van der Waals surface area contributed by atoms with Crippen molar-refractivity contribution in [2.45, 2.75) is 82.3 Å². The molecule has 1 saturated carbocycles. The van der Waals surface area contributed by atoms with Crippen molar-refractivity contribution in [3.05, 3.63) is 64.7 Å². The monoisotopic (exact) mass is 480 g/mol. The van der Waals surface area contributed by atoms with Gasteiger partial charge < -0.3 is 14.6 Å². The lowest BCUT2D eigenvalue weighted by atomic mass is 9.81. The predicted octanol–water partition coefficient (Wildman–Crippen LogP) is 6.60. The third-order valence-corrected chi connectivity index (χ3v) is 9.20. The average molecular weight is 481 g/mol. The van der Waals surface area contributed by atoms with Crippen molar-refractivity contribution in [1.29, 1.82) is 0 Å². The zero-order chi connectivity index (χ0) is 24.4. The van der Waals surface area contributed by atoms with Crippen LogP contribution in [0, 0.1) is 0 Å². The Labute approximate surface area is 211 Å². The van der Waals surface area contributed by atoms with Crippen LogP contribution in [0.25, 0.3) is 28.2 Å². The molecule has 2 aromatic carbocycles. The summed E-state index contributed by atoms with van der Waals surface area (Å²) in [5.41, 5.74) is 6.81. The van der Waals surface area contributed by atoms with E-state index in [1.165, 1.54) is 30.5 Å². The van der Waals surface area contributed by atoms with Gasteiger partial charge >= 0.3 is 5.97 Å². The van der Waals surface area contributed by atoms with Crippen LogP contribution in [0.15, 0.2) is 48.0 Å².